The quantitative estimate of drug-likeness (QED) is 0.464. The summed E-state index contributed by atoms with van der Waals surface area (Å²) in [5.74, 6) is 8.39. The predicted molar refractivity (Wildman–Crippen MR) is 66.6 cm³/mol. The van der Waals surface area contributed by atoms with Crippen LogP contribution in [0.4, 0.5) is 0 Å². The molecule has 3 rings (SSSR count). The maximum absolute atomic E-state index is 11.3. The van der Waals surface area contributed by atoms with E-state index in [1.54, 1.807) is 0 Å². The zero-order chi connectivity index (χ0) is 12.5. The van der Waals surface area contributed by atoms with Crippen LogP contribution in [0.2, 0.25) is 0 Å². The fourth-order valence-corrected chi connectivity index (χ4v) is 3.80. The molecule has 0 aromatic rings. The zero-order valence-electron chi connectivity index (χ0n) is 10.6. The van der Waals surface area contributed by atoms with Crippen LogP contribution in [0.1, 0.15) is 44.9 Å². The molecule has 4 unspecified atom stereocenters. The van der Waals surface area contributed by atoms with Gasteiger partial charge in [0.1, 0.15) is 5.78 Å². The molecule has 3 fully saturated rings. The van der Waals surface area contributed by atoms with Crippen molar-refractivity contribution in [2.45, 2.75) is 51.0 Å². The summed E-state index contributed by atoms with van der Waals surface area (Å²) in [5.41, 5.74) is 0. The molecule has 0 aromatic carbocycles. The van der Waals surface area contributed by atoms with Gasteiger partial charge in [-0.15, -0.1) is 0 Å². The van der Waals surface area contributed by atoms with Gasteiger partial charge in [0.15, 0.2) is 6.10 Å². The Labute approximate surface area is 108 Å². The molecule has 0 heterocycles. The highest BCUT2D eigenvalue weighted by Gasteiger charge is 2.46. The smallest absolute Gasteiger partial charge is 0.156 e. The third-order valence-electron chi connectivity index (χ3n) is 4.94. The first-order valence-corrected chi connectivity index (χ1v) is 7.12. The molecular formula is C15H20O3. The Hall–Kier alpha value is -0.850. The number of Topliss-reactive ketones (excluding diaryl/α,β-unsaturated/α-hetero) is 1. The standard InChI is InChI=1S/C15H20O3/c16-14-9-12-7-10(8-13(12)14)5-6-15(18-17)11-3-1-2-4-11/h10-13,15,17H,1-4,7-9H2. The second-order valence-corrected chi connectivity index (χ2v) is 6.06. The summed E-state index contributed by atoms with van der Waals surface area (Å²) in [6.45, 7) is 0. The van der Waals surface area contributed by atoms with Crippen LogP contribution in [-0.2, 0) is 9.68 Å². The molecule has 0 radical (unpaired) electrons. The number of rotatable bonds is 2. The average Bonchev–Trinajstić information content (AvgIpc) is 2.98. The first-order valence-electron chi connectivity index (χ1n) is 7.12. The molecule has 3 nitrogen and oxygen atoms in total. The number of ketones is 1. The summed E-state index contributed by atoms with van der Waals surface area (Å²) in [7, 11) is 0. The van der Waals surface area contributed by atoms with Crippen LogP contribution in [-0.4, -0.2) is 17.1 Å². The Morgan fingerprint density at radius 1 is 1.28 bits per heavy atom. The summed E-state index contributed by atoms with van der Waals surface area (Å²) in [5, 5.41) is 8.96. The molecule has 0 spiro atoms. The largest absolute Gasteiger partial charge is 0.299 e. The Bertz CT molecular complexity index is 386. The molecule has 98 valence electrons. The van der Waals surface area contributed by atoms with Gasteiger partial charge in [-0.05, 0) is 37.5 Å². The topological polar surface area (TPSA) is 46.5 Å². The van der Waals surface area contributed by atoms with E-state index >= 15 is 0 Å². The fourth-order valence-electron chi connectivity index (χ4n) is 3.80. The lowest BCUT2D eigenvalue weighted by atomic mass is 9.75. The fraction of sp³-hybridized carbons (Fsp3) is 0.800. The van der Waals surface area contributed by atoms with Crippen molar-refractivity contribution in [2.75, 3.05) is 0 Å². The van der Waals surface area contributed by atoms with E-state index in [4.69, 9.17) is 5.26 Å². The van der Waals surface area contributed by atoms with Gasteiger partial charge in [-0.2, -0.15) is 0 Å². The van der Waals surface area contributed by atoms with E-state index in [2.05, 4.69) is 16.7 Å². The van der Waals surface area contributed by atoms with Gasteiger partial charge in [0.25, 0.3) is 0 Å². The lowest BCUT2D eigenvalue weighted by molar-refractivity contribution is -0.273. The summed E-state index contributed by atoms with van der Waals surface area (Å²) >= 11 is 0. The molecule has 0 aliphatic heterocycles. The normalized spacial score (nSPS) is 36.7. The van der Waals surface area contributed by atoms with Crippen LogP contribution in [0, 0.1) is 35.5 Å². The first-order chi connectivity index (χ1) is 8.78. The van der Waals surface area contributed by atoms with E-state index < -0.39 is 0 Å². The maximum Gasteiger partial charge on any atom is 0.156 e. The third kappa shape index (κ3) is 2.20. The minimum atomic E-state index is -0.318. The second kappa shape index (κ2) is 5.03. The van der Waals surface area contributed by atoms with E-state index in [1.165, 1.54) is 12.8 Å². The molecule has 0 saturated heterocycles. The second-order valence-electron chi connectivity index (χ2n) is 6.06. The minimum Gasteiger partial charge on any atom is -0.299 e. The molecule has 3 aliphatic rings. The van der Waals surface area contributed by atoms with Crippen molar-refractivity contribution in [3.63, 3.8) is 0 Å². The van der Waals surface area contributed by atoms with Crippen LogP contribution in [0.15, 0.2) is 0 Å². The Kier molecular flexibility index (Phi) is 3.41. The van der Waals surface area contributed by atoms with Crippen molar-refractivity contribution in [1.29, 1.82) is 0 Å². The van der Waals surface area contributed by atoms with Crippen molar-refractivity contribution >= 4 is 5.78 Å². The predicted octanol–water partition coefficient (Wildman–Crippen LogP) is 2.65. The van der Waals surface area contributed by atoms with Crippen LogP contribution < -0.4 is 0 Å². The van der Waals surface area contributed by atoms with Crippen LogP contribution in [0.25, 0.3) is 0 Å². The molecule has 0 aromatic heterocycles. The van der Waals surface area contributed by atoms with Crippen LogP contribution in [0.3, 0.4) is 0 Å². The molecule has 0 bridgehead atoms. The lowest BCUT2D eigenvalue weighted by Gasteiger charge is -2.27. The molecule has 3 saturated carbocycles. The molecule has 18 heavy (non-hydrogen) atoms. The van der Waals surface area contributed by atoms with E-state index in [-0.39, 0.29) is 6.10 Å². The van der Waals surface area contributed by atoms with Gasteiger partial charge in [0.05, 0.1) is 0 Å². The van der Waals surface area contributed by atoms with Gasteiger partial charge in [-0.3, -0.25) is 10.1 Å². The maximum atomic E-state index is 11.3. The van der Waals surface area contributed by atoms with E-state index in [1.807, 2.05) is 0 Å². The van der Waals surface area contributed by atoms with Gasteiger partial charge in [0.2, 0.25) is 0 Å². The van der Waals surface area contributed by atoms with Crippen molar-refractivity contribution < 1.29 is 14.9 Å². The number of fused-ring (bicyclic) bond motifs is 1. The van der Waals surface area contributed by atoms with Crippen molar-refractivity contribution in [1.82, 2.24) is 0 Å². The molecule has 3 aliphatic carbocycles. The van der Waals surface area contributed by atoms with Crippen molar-refractivity contribution in [3.05, 3.63) is 0 Å². The van der Waals surface area contributed by atoms with Gasteiger partial charge in [-0.25, -0.2) is 4.89 Å². The summed E-state index contributed by atoms with van der Waals surface area (Å²) in [6.07, 6.45) is 7.09. The summed E-state index contributed by atoms with van der Waals surface area (Å²) in [4.78, 5) is 15.9. The zero-order valence-corrected chi connectivity index (χ0v) is 10.6. The molecule has 1 N–H and O–H groups in total. The Morgan fingerprint density at radius 2 is 2.06 bits per heavy atom. The summed E-state index contributed by atoms with van der Waals surface area (Å²) in [6, 6.07) is 0. The molecular weight excluding hydrogens is 228 g/mol. The summed E-state index contributed by atoms with van der Waals surface area (Å²) < 4.78 is 0. The van der Waals surface area contributed by atoms with Crippen molar-refractivity contribution in [2.24, 2.45) is 23.7 Å². The highest BCUT2D eigenvalue weighted by Crippen LogP contribution is 2.46. The third-order valence-corrected chi connectivity index (χ3v) is 4.94. The van der Waals surface area contributed by atoms with Crippen LogP contribution >= 0.6 is 0 Å². The van der Waals surface area contributed by atoms with Gasteiger partial charge in [0, 0.05) is 18.3 Å². The van der Waals surface area contributed by atoms with E-state index in [0.717, 1.165) is 32.1 Å². The molecule has 0 amide bonds. The minimum absolute atomic E-state index is 0.296. The highest BCUT2D eigenvalue weighted by atomic mass is 17.1. The molecule has 4 atom stereocenters. The lowest BCUT2D eigenvalue weighted by Crippen LogP contribution is -2.32. The number of hydrogen-bond acceptors (Lipinski definition) is 3. The Morgan fingerprint density at radius 3 is 2.67 bits per heavy atom. The van der Waals surface area contributed by atoms with Gasteiger partial charge < -0.3 is 0 Å². The number of carbonyl (C=O) groups is 1. The van der Waals surface area contributed by atoms with Crippen LogP contribution in [0.5, 0.6) is 0 Å². The number of hydrogen-bond donors (Lipinski definition) is 1. The van der Waals surface area contributed by atoms with Gasteiger partial charge in [-0.1, -0.05) is 24.7 Å². The Balaban J connectivity index is 1.58. The van der Waals surface area contributed by atoms with Crippen molar-refractivity contribution in [3.8, 4) is 11.8 Å². The van der Waals surface area contributed by atoms with E-state index in [9.17, 15) is 4.79 Å². The SMILES string of the molecule is O=C1CC2CC(C#CC(OO)C3CCCC3)CC12. The highest BCUT2D eigenvalue weighted by molar-refractivity contribution is 5.87. The van der Waals surface area contributed by atoms with Gasteiger partial charge >= 0.3 is 0 Å². The average molecular weight is 248 g/mol. The molecule has 3 heteroatoms. The first kappa shape index (κ1) is 12.2. The van der Waals surface area contributed by atoms with E-state index in [0.29, 0.717) is 29.5 Å². The monoisotopic (exact) mass is 248 g/mol. The number of carbonyl (C=O) groups excluding carboxylic acids is 1.